The van der Waals surface area contributed by atoms with E-state index in [-0.39, 0.29) is 18.3 Å². The number of rotatable bonds is 9. The molecule has 0 aromatic heterocycles. The Bertz CT molecular complexity index is 1320. The number of methoxy groups -OCH3 is 4. The molecule has 0 radical (unpaired) electrons. The van der Waals surface area contributed by atoms with Gasteiger partial charge in [0.2, 0.25) is 0 Å². The zero-order valence-corrected chi connectivity index (χ0v) is 22.4. The average molecular weight is 540 g/mol. The van der Waals surface area contributed by atoms with E-state index in [4.69, 9.17) is 35.9 Å². The van der Waals surface area contributed by atoms with Crippen molar-refractivity contribution < 1.29 is 28.6 Å². The van der Waals surface area contributed by atoms with Crippen molar-refractivity contribution in [2.75, 3.05) is 46.9 Å². The predicted molar refractivity (Wildman–Crippen MR) is 147 cm³/mol. The van der Waals surface area contributed by atoms with Crippen molar-refractivity contribution in [1.82, 2.24) is 4.90 Å². The molecule has 1 unspecified atom stereocenters. The van der Waals surface area contributed by atoms with Crippen molar-refractivity contribution in [3.05, 3.63) is 75.8 Å². The second kappa shape index (κ2) is 11.9. The lowest BCUT2D eigenvalue weighted by Crippen LogP contribution is -2.44. The molecule has 0 spiro atoms. The van der Waals surface area contributed by atoms with E-state index in [0.29, 0.717) is 46.1 Å². The highest BCUT2D eigenvalue weighted by Crippen LogP contribution is 2.39. The number of fused-ring (bicyclic) bond motifs is 1. The number of ether oxygens (including phenoxy) is 5. The van der Waals surface area contributed by atoms with Gasteiger partial charge < -0.3 is 33.9 Å². The third-order valence-corrected chi connectivity index (χ3v) is 6.70. The fraction of sp³-hybridized carbons (Fsp3) is 0.296. The molecule has 0 saturated carbocycles. The molecular formula is C27H29N3O7S. The number of nitro benzene ring substituents is 1. The lowest BCUT2D eigenvalue weighted by molar-refractivity contribution is -0.384. The van der Waals surface area contributed by atoms with Gasteiger partial charge in [-0.15, -0.1) is 0 Å². The zero-order valence-electron chi connectivity index (χ0n) is 21.6. The third kappa shape index (κ3) is 5.67. The summed E-state index contributed by atoms with van der Waals surface area (Å²) in [6, 6.07) is 15.1. The fourth-order valence-electron chi connectivity index (χ4n) is 4.39. The summed E-state index contributed by atoms with van der Waals surface area (Å²) in [7, 11) is 6.38. The molecule has 10 nitrogen and oxygen atoms in total. The SMILES string of the molecule is COc1ccc(OC)c(NC(=S)N2CCc3cc(OC)c(OC)cc3C2COc2ccc([N+](=O)[O-])cc2)c1. The van der Waals surface area contributed by atoms with Crippen LogP contribution in [0.25, 0.3) is 0 Å². The number of benzene rings is 3. The van der Waals surface area contributed by atoms with Crippen LogP contribution in [0.5, 0.6) is 28.7 Å². The van der Waals surface area contributed by atoms with Gasteiger partial charge in [-0.1, -0.05) is 0 Å². The van der Waals surface area contributed by atoms with Gasteiger partial charge in [0, 0.05) is 24.7 Å². The lowest BCUT2D eigenvalue weighted by atomic mass is 9.92. The number of hydrogen-bond acceptors (Lipinski definition) is 8. The number of non-ortho nitro benzene ring substituents is 1. The van der Waals surface area contributed by atoms with Crippen LogP contribution in [0.4, 0.5) is 11.4 Å². The summed E-state index contributed by atoms with van der Waals surface area (Å²) in [5.41, 5.74) is 2.75. The topological polar surface area (TPSA) is 105 Å². The van der Waals surface area contributed by atoms with Gasteiger partial charge in [0.1, 0.15) is 23.9 Å². The van der Waals surface area contributed by atoms with Crippen LogP contribution in [0.3, 0.4) is 0 Å². The van der Waals surface area contributed by atoms with Gasteiger partial charge in [-0.3, -0.25) is 10.1 Å². The molecule has 4 rings (SSSR count). The number of nitrogens with zero attached hydrogens (tertiary/aromatic N) is 2. The van der Waals surface area contributed by atoms with Crippen LogP contribution in [0.15, 0.2) is 54.6 Å². The number of thiocarbonyl (C=S) groups is 1. The highest BCUT2D eigenvalue weighted by atomic mass is 32.1. The monoisotopic (exact) mass is 539 g/mol. The Labute approximate surface area is 226 Å². The normalized spacial score (nSPS) is 14.2. The number of nitrogens with one attached hydrogen (secondary N) is 1. The van der Waals surface area contributed by atoms with Gasteiger partial charge in [0.25, 0.3) is 5.69 Å². The van der Waals surface area contributed by atoms with Crippen LogP contribution in [-0.4, -0.2) is 56.5 Å². The van der Waals surface area contributed by atoms with E-state index in [1.54, 1.807) is 40.6 Å². The van der Waals surface area contributed by atoms with E-state index in [1.807, 2.05) is 35.2 Å². The van der Waals surface area contributed by atoms with Crippen molar-refractivity contribution >= 4 is 28.7 Å². The van der Waals surface area contributed by atoms with Crippen LogP contribution in [0.2, 0.25) is 0 Å². The van der Waals surface area contributed by atoms with Gasteiger partial charge in [0.15, 0.2) is 16.6 Å². The van der Waals surface area contributed by atoms with Crippen LogP contribution < -0.4 is 29.0 Å². The van der Waals surface area contributed by atoms with Crippen molar-refractivity contribution in [1.29, 1.82) is 0 Å². The summed E-state index contributed by atoms with van der Waals surface area (Å²) in [6.45, 7) is 0.853. The molecule has 0 bridgehead atoms. The second-order valence-corrected chi connectivity index (χ2v) is 8.81. The molecule has 1 N–H and O–H groups in total. The third-order valence-electron chi connectivity index (χ3n) is 6.37. The maximum Gasteiger partial charge on any atom is 0.269 e. The highest BCUT2D eigenvalue weighted by molar-refractivity contribution is 7.80. The Kier molecular flexibility index (Phi) is 8.37. The number of anilines is 1. The summed E-state index contributed by atoms with van der Waals surface area (Å²) in [5.74, 6) is 3.04. The largest absolute Gasteiger partial charge is 0.497 e. The summed E-state index contributed by atoms with van der Waals surface area (Å²) in [6.07, 6.45) is 0.723. The van der Waals surface area contributed by atoms with E-state index in [2.05, 4.69) is 5.32 Å². The summed E-state index contributed by atoms with van der Waals surface area (Å²) >= 11 is 5.87. The Morgan fingerprint density at radius 2 is 1.61 bits per heavy atom. The van der Waals surface area contributed by atoms with Gasteiger partial charge in [-0.05, 0) is 66.2 Å². The number of hydrogen-bond donors (Lipinski definition) is 1. The lowest BCUT2D eigenvalue weighted by Gasteiger charge is -2.39. The molecule has 200 valence electrons. The molecule has 1 heterocycles. The molecular weight excluding hydrogens is 510 g/mol. The molecule has 1 aliphatic heterocycles. The van der Waals surface area contributed by atoms with Gasteiger partial charge in [-0.2, -0.15) is 0 Å². The number of nitro groups is 1. The summed E-state index contributed by atoms with van der Waals surface area (Å²) < 4.78 is 28.1. The molecule has 11 heteroatoms. The van der Waals surface area contributed by atoms with Gasteiger partial charge >= 0.3 is 0 Å². The smallest absolute Gasteiger partial charge is 0.269 e. The minimum absolute atomic E-state index is 0.00330. The molecule has 3 aromatic carbocycles. The van der Waals surface area contributed by atoms with Crippen LogP contribution >= 0.6 is 12.2 Å². The predicted octanol–water partition coefficient (Wildman–Crippen LogP) is 5.00. The molecule has 0 fully saturated rings. The Balaban J connectivity index is 1.65. The quantitative estimate of drug-likeness (QED) is 0.227. The van der Waals surface area contributed by atoms with Crippen molar-refractivity contribution in [2.45, 2.75) is 12.5 Å². The van der Waals surface area contributed by atoms with E-state index in [9.17, 15) is 10.1 Å². The highest BCUT2D eigenvalue weighted by Gasteiger charge is 2.32. The van der Waals surface area contributed by atoms with E-state index in [1.165, 1.54) is 12.1 Å². The van der Waals surface area contributed by atoms with Crippen molar-refractivity contribution in [3.8, 4) is 28.7 Å². The minimum atomic E-state index is -0.445. The van der Waals surface area contributed by atoms with E-state index in [0.717, 1.165) is 17.5 Å². The molecule has 3 aromatic rings. The van der Waals surface area contributed by atoms with Crippen LogP contribution in [0, 0.1) is 10.1 Å². The first kappa shape index (κ1) is 26.8. The molecule has 0 aliphatic carbocycles. The second-order valence-electron chi connectivity index (χ2n) is 8.42. The van der Waals surface area contributed by atoms with Crippen LogP contribution in [0.1, 0.15) is 17.2 Å². The first-order valence-corrected chi connectivity index (χ1v) is 12.2. The first-order valence-electron chi connectivity index (χ1n) is 11.8. The standard InChI is InChI=1S/C27H29N3O7S/c1-33-20-9-10-24(34-2)22(14-20)28-27(38)29-12-11-17-13-25(35-3)26(36-4)15-21(17)23(29)16-37-19-7-5-18(6-8-19)30(31)32/h5-10,13-15,23H,11-12,16H2,1-4H3,(H,28,38). The van der Waals surface area contributed by atoms with Crippen molar-refractivity contribution in [2.24, 2.45) is 0 Å². The Hall–Kier alpha value is -4.25. The molecule has 38 heavy (non-hydrogen) atoms. The van der Waals surface area contributed by atoms with Crippen LogP contribution in [-0.2, 0) is 6.42 Å². The molecule has 1 atom stereocenters. The first-order chi connectivity index (χ1) is 18.4. The zero-order chi connectivity index (χ0) is 27.2. The average Bonchev–Trinajstić information content (AvgIpc) is 2.94. The maximum absolute atomic E-state index is 11.0. The molecule has 0 saturated heterocycles. The van der Waals surface area contributed by atoms with Gasteiger partial charge in [0.05, 0.1) is 45.1 Å². The van der Waals surface area contributed by atoms with E-state index >= 15 is 0 Å². The minimum Gasteiger partial charge on any atom is -0.497 e. The molecule has 0 amide bonds. The Morgan fingerprint density at radius 3 is 2.24 bits per heavy atom. The summed E-state index contributed by atoms with van der Waals surface area (Å²) in [4.78, 5) is 12.6. The summed E-state index contributed by atoms with van der Waals surface area (Å²) in [5, 5.41) is 14.8. The van der Waals surface area contributed by atoms with E-state index < -0.39 is 4.92 Å². The maximum atomic E-state index is 11.0. The van der Waals surface area contributed by atoms with Gasteiger partial charge in [-0.25, -0.2) is 0 Å². The van der Waals surface area contributed by atoms with Crippen molar-refractivity contribution in [3.63, 3.8) is 0 Å². The molecule has 1 aliphatic rings. The fourth-order valence-corrected chi connectivity index (χ4v) is 4.72. The Morgan fingerprint density at radius 1 is 0.947 bits per heavy atom.